The molecule has 0 heterocycles. The first-order chi connectivity index (χ1) is 7.16. The molecule has 0 aliphatic heterocycles. The summed E-state index contributed by atoms with van der Waals surface area (Å²) in [5.74, 6) is -1.63. The van der Waals surface area contributed by atoms with Crippen molar-refractivity contribution >= 4 is 22.8 Å². The molecule has 0 N–H and O–H groups in total. The Labute approximate surface area is 93.0 Å². The molecule has 4 heteroatoms. The Morgan fingerprint density at radius 3 is 2.40 bits per heavy atom. The molecule has 3 nitrogen and oxygen atoms in total. The lowest BCUT2D eigenvalue weighted by atomic mass is 10.0. The molecular formula is C11H11ClO3. The molecule has 0 aromatic heterocycles. The summed E-state index contributed by atoms with van der Waals surface area (Å²) in [7, 11) is 0. The minimum atomic E-state index is -1.02. The van der Waals surface area contributed by atoms with E-state index in [0.29, 0.717) is 5.56 Å². The Bertz CT molecular complexity index is 348. The van der Waals surface area contributed by atoms with Crippen molar-refractivity contribution in [3.05, 3.63) is 35.9 Å². The zero-order valence-electron chi connectivity index (χ0n) is 8.27. The minimum absolute atomic E-state index is 0.229. The van der Waals surface area contributed by atoms with E-state index in [0.717, 1.165) is 0 Å². The predicted octanol–water partition coefficient (Wildman–Crippen LogP) is 2.10. The molecule has 1 aromatic carbocycles. The van der Waals surface area contributed by atoms with Crippen LogP contribution in [-0.2, 0) is 14.3 Å². The van der Waals surface area contributed by atoms with Gasteiger partial charge in [0.15, 0.2) is 5.92 Å². The van der Waals surface area contributed by atoms with E-state index in [9.17, 15) is 9.59 Å². The van der Waals surface area contributed by atoms with E-state index in [-0.39, 0.29) is 6.61 Å². The van der Waals surface area contributed by atoms with Gasteiger partial charge in [0, 0.05) is 0 Å². The summed E-state index contributed by atoms with van der Waals surface area (Å²) >= 11 is 5.37. The van der Waals surface area contributed by atoms with Crippen LogP contribution in [0.1, 0.15) is 18.4 Å². The number of halogens is 1. The Balaban J connectivity index is 2.94. The molecule has 80 valence electrons. The van der Waals surface area contributed by atoms with Gasteiger partial charge in [-0.15, -0.1) is 0 Å². The van der Waals surface area contributed by atoms with Gasteiger partial charge in [0.2, 0.25) is 5.24 Å². The van der Waals surface area contributed by atoms with Crippen molar-refractivity contribution in [2.45, 2.75) is 12.8 Å². The van der Waals surface area contributed by atoms with Crippen LogP contribution in [0.25, 0.3) is 0 Å². The zero-order valence-corrected chi connectivity index (χ0v) is 9.03. The highest BCUT2D eigenvalue weighted by Gasteiger charge is 2.28. The van der Waals surface area contributed by atoms with Crippen LogP contribution in [0.2, 0.25) is 0 Å². The van der Waals surface area contributed by atoms with E-state index in [4.69, 9.17) is 16.3 Å². The molecule has 0 saturated heterocycles. The van der Waals surface area contributed by atoms with Gasteiger partial charge in [0.25, 0.3) is 0 Å². The SMILES string of the molecule is CCOC(=O)C(C(=O)Cl)c1ccccc1. The van der Waals surface area contributed by atoms with Crippen LogP contribution < -0.4 is 0 Å². The van der Waals surface area contributed by atoms with Gasteiger partial charge in [0.05, 0.1) is 6.61 Å². The normalized spacial score (nSPS) is 11.9. The standard InChI is InChI=1S/C11H11ClO3/c1-2-15-11(14)9(10(12)13)8-6-4-3-5-7-8/h3-7,9H,2H2,1H3. The smallest absolute Gasteiger partial charge is 0.322 e. The maximum Gasteiger partial charge on any atom is 0.322 e. The van der Waals surface area contributed by atoms with Crippen molar-refractivity contribution in [2.24, 2.45) is 0 Å². The van der Waals surface area contributed by atoms with E-state index in [1.54, 1.807) is 37.3 Å². The van der Waals surface area contributed by atoms with Crippen molar-refractivity contribution in [1.29, 1.82) is 0 Å². The molecule has 0 aliphatic rings. The molecule has 0 amide bonds. The van der Waals surface area contributed by atoms with Crippen LogP contribution >= 0.6 is 11.6 Å². The molecule has 0 saturated carbocycles. The lowest BCUT2D eigenvalue weighted by Gasteiger charge is -2.11. The van der Waals surface area contributed by atoms with E-state index in [2.05, 4.69) is 0 Å². The first kappa shape index (κ1) is 11.7. The highest BCUT2D eigenvalue weighted by Crippen LogP contribution is 2.20. The lowest BCUT2D eigenvalue weighted by Crippen LogP contribution is -2.20. The molecule has 1 rings (SSSR count). The second kappa shape index (κ2) is 5.51. The Morgan fingerprint density at radius 1 is 1.33 bits per heavy atom. The third kappa shape index (κ3) is 3.06. The van der Waals surface area contributed by atoms with E-state index >= 15 is 0 Å². The number of benzene rings is 1. The highest BCUT2D eigenvalue weighted by atomic mass is 35.5. The first-order valence-corrected chi connectivity index (χ1v) is 4.95. The van der Waals surface area contributed by atoms with Crippen LogP contribution in [0.5, 0.6) is 0 Å². The molecule has 0 bridgehead atoms. The molecule has 15 heavy (non-hydrogen) atoms. The second-order valence-corrected chi connectivity index (χ2v) is 3.27. The summed E-state index contributed by atoms with van der Waals surface area (Å²) < 4.78 is 4.78. The van der Waals surface area contributed by atoms with Gasteiger partial charge in [-0.1, -0.05) is 30.3 Å². The molecule has 0 radical (unpaired) electrons. The largest absolute Gasteiger partial charge is 0.465 e. The predicted molar refractivity (Wildman–Crippen MR) is 56.7 cm³/mol. The Kier molecular flexibility index (Phi) is 4.31. The summed E-state index contributed by atoms with van der Waals surface area (Å²) in [5.41, 5.74) is 0.552. The van der Waals surface area contributed by atoms with Gasteiger partial charge in [0.1, 0.15) is 0 Å². The van der Waals surface area contributed by atoms with Gasteiger partial charge in [-0.2, -0.15) is 0 Å². The van der Waals surface area contributed by atoms with Gasteiger partial charge in [-0.25, -0.2) is 0 Å². The van der Waals surface area contributed by atoms with Crippen LogP contribution in [0.15, 0.2) is 30.3 Å². The molecule has 1 aromatic rings. The van der Waals surface area contributed by atoms with Crippen molar-refractivity contribution in [2.75, 3.05) is 6.61 Å². The van der Waals surface area contributed by atoms with Crippen molar-refractivity contribution in [3.8, 4) is 0 Å². The monoisotopic (exact) mass is 226 g/mol. The number of esters is 1. The fourth-order valence-electron chi connectivity index (χ4n) is 1.23. The summed E-state index contributed by atoms with van der Waals surface area (Å²) in [5, 5.41) is -0.723. The number of hydrogen-bond acceptors (Lipinski definition) is 3. The summed E-state index contributed by atoms with van der Waals surface area (Å²) in [4.78, 5) is 22.6. The molecule has 0 spiro atoms. The van der Waals surface area contributed by atoms with Gasteiger partial charge >= 0.3 is 5.97 Å². The number of hydrogen-bond donors (Lipinski definition) is 0. The van der Waals surface area contributed by atoms with Crippen LogP contribution in [-0.4, -0.2) is 17.8 Å². The van der Waals surface area contributed by atoms with E-state index in [1.807, 2.05) is 0 Å². The maximum absolute atomic E-state index is 11.5. The third-order valence-electron chi connectivity index (χ3n) is 1.88. The van der Waals surface area contributed by atoms with Crippen molar-refractivity contribution < 1.29 is 14.3 Å². The van der Waals surface area contributed by atoms with E-state index in [1.165, 1.54) is 0 Å². The minimum Gasteiger partial charge on any atom is -0.465 e. The Morgan fingerprint density at radius 2 is 1.93 bits per heavy atom. The van der Waals surface area contributed by atoms with E-state index < -0.39 is 17.1 Å². The number of ether oxygens (including phenoxy) is 1. The first-order valence-electron chi connectivity index (χ1n) is 4.57. The summed E-state index contributed by atoms with van der Waals surface area (Å²) in [6, 6.07) is 8.61. The molecule has 0 aliphatic carbocycles. The van der Waals surface area contributed by atoms with Crippen LogP contribution in [0, 0.1) is 0 Å². The zero-order chi connectivity index (χ0) is 11.3. The second-order valence-electron chi connectivity index (χ2n) is 2.90. The highest BCUT2D eigenvalue weighted by molar-refractivity contribution is 6.66. The van der Waals surface area contributed by atoms with Gasteiger partial charge in [-0.3, -0.25) is 9.59 Å². The molecule has 0 fully saturated rings. The fraction of sp³-hybridized carbons (Fsp3) is 0.273. The van der Waals surface area contributed by atoms with Crippen molar-refractivity contribution in [1.82, 2.24) is 0 Å². The van der Waals surface area contributed by atoms with Crippen molar-refractivity contribution in [3.63, 3.8) is 0 Å². The average Bonchev–Trinajstić information content (AvgIpc) is 2.19. The molecule has 1 unspecified atom stereocenters. The lowest BCUT2D eigenvalue weighted by molar-refractivity contribution is -0.146. The van der Waals surface area contributed by atoms with Gasteiger partial charge < -0.3 is 4.74 Å². The number of rotatable bonds is 4. The topological polar surface area (TPSA) is 43.4 Å². The fourth-order valence-corrected chi connectivity index (χ4v) is 1.45. The average molecular weight is 227 g/mol. The number of carbonyl (C=O) groups excluding carboxylic acids is 2. The maximum atomic E-state index is 11.5. The van der Waals surface area contributed by atoms with Crippen LogP contribution in [0.4, 0.5) is 0 Å². The quantitative estimate of drug-likeness (QED) is 0.449. The third-order valence-corrected chi connectivity index (χ3v) is 2.10. The van der Waals surface area contributed by atoms with Crippen LogP contribution in [0.3, 0.4) is 0 Å². The molecule has 1 atom stereocenters. The molecular weight excluding hydrogens is 216 g/mol. The number of carbonyl (C=O) groups is 2. The Hall–Kier alpha value is -1.35. The summed E-state index contributed by atoms with van der Waals surface area (Å²) in [6.07, 6.45) is 0. The summed E-state index contributed by atoms with van der Waals surface area (Å²) in [6.45, 7) is 1.91. The van der Waals surface area contributed by atoms with Gasteiger partial charge in [-0.05, 0) is 24.1 Å².